The van der Waals surface area contributed by atoms with Gasteiger partial charge in [0.25, 0.3) is 5.91 Å². The quantitative estimate of drug-likeness (QED) is 0.379. The number of aromatic hydroxyl groups is 1. The largest absolute Gasteiger partial charge is 0.504 e. The van der Waals surface area contributed by atoms with E-state index in [0.717, 1.165) is 24.0 Å². The van der Waals surface area contributed by atoms with Crippen LogP contribution in [0.4, 0.5) is 5.69 Å². The average molecular weight is 478 g/mol. The number of carbonyl (C=O) groups excluding carboxylic acids is 1. The van der Waals surface area contributed by atoms with Gasteiger partial charge in [0.1, 0.15) is 5.75 Å². The molecule has 0 bridgehead atoms. The number of halogens is 2. The number of carbonyl (C=O) groups is 1. The molecule has 2 aromatic carbocycles. The zero-order chi connectivity index (χ0) is 24.2. The Labute approximate surface area is 201 Å². The van der Waals surface area contributed by atoms with E-state index in [-0.39, 0.29) is 21.9 Å². The number of allylic oxidation sites excluding steroid dienone is 1. The lowest BCUT2D eigenvalue weighted by molar-refractivity contribution is -0.122. The summed E-state index contributed by atoms with van der Waals surface area (Å²) in [4.78, 5) is 12.8. The minimum atomic E-state index is -0.807. The van der Waals surface area contributed by atoms with Crippen LogP contribution >= 0.6 is 23.2 Å². The standard InChI is InChI=1S/C26H33Cl2NO3/c1-8-15(3)12-18-10-11-22(19(13-18)26(6,7)9-2)32-17(5)25(31)29-21-14-20(27)16(4)23(28)24(21)30/h10-14,17,30H,8-9H2,1-7H3,(H,29,31)/b15-12+. The van der Waals surface area contributed by atoms with Gasteiger partial charge in [0.2, 0.25) is 0 Å². The van der Waals surface area contributed by atoms with Gasteiger partial charge in [-0.3, -0.25) is 4.79 Å². The van der Waals surface area contributed by atoms with Crippen LogP contribution in [0.1, 0.15) is 71.1 Å². The van der Waals surface area contributed by atoms with Crippen molar-refractivity contribution in [3.63, 3.8) is 0 Å². The Balaban J connectivity index is 2.32. The van der Waals surface area contributed by atoms with E-state index in [1.807, 2.05) is 12.1 Å². The van der Waals surface area contributed by atoms with Crippen LogP contribution in [0.2, 0.25) is 10.0 Å². The summed E-state index contributed by atoms with van der Waals surface area (Å²) in [7, 11) is 0. The minimum absolute atomic E-state index is 0.111. The van der Waals surface area contributed by atoms with Crippen molar-refractivity contribution in [3.8, 4) is 11.5 Å². The van der Waals surface area contributed by atoms with E-state index >= 15 is 0 Å². The van der Waals surface area contributed by atoms with Gasteiger partial charge >= 0.3 is 0 Å². The summed E-state index contributed by atoms with van der Waals surface area (Å²) < 4.78 is 6.10. The number of phenolic OH excluding ortho intramolecular Hbond substituents is 1. The third-order valence-corrected chi connectivity index (χ3v) is 6.79. The van der Waals surface area contributed by atoms with Crippen molar-refractivity contribution >= 4 is 40.9 Å². The fourth-order valence-electron chi connectivity index (χ4n) is 3.12. The van der Waals surface area contributed by atoms with E-state index in [4.69, 9.17) is 27.9 Å². The number of benzene rings is 2. The number of phenols is 1. The zero-order valence-electron chi connectivity index (χ0n) is 19.9. The van der Waals surface area contributed by atoms with Crippen molar-refractivity contribution in [2.24, 2.45) is 0 Å². The highest BCUT2D eigenvalue weighted by Crippen LogP contribution is 2.39. The Bertz CT molecular complexity index is 1030. The Kier molecular flexibility index (Phi) is 8.67. The smallest absolute Gasteiger partial charge is 0.265 e. The number of hydrogen-bond acceptors (Lipinski definition) is 3. The van der Waals surface area contributed by atoms with Gasteiger partial charge in [0.05, 0.1) is 10.7 Å². The molecule has 0 saturated carbocycles. The molecule has 2 N–H and O–H groups in total. The van der Waals surface area contributed by atoms with E-state index in [1.165, 1.54) is 11.6 Å². The zero-order valence-corrected chi connectivity index (χ0v) is 21.4. The molecule has 0 saturated heterocycles. The fourth-order valence-corrected chi connectivity index (χ4v) is 3.58. The van der Waals surface area contributed by atoms with E-state index in [0.29, 0.717) is 16.3 Å². The summed E-state index contributed by atoms with van der Waals surface area (Å²) in [6, 6.07) is 7.53. The predicted molar refractivity (Wildman–Crippen MR) is 135 cm³/mol. The van der Waals surface area contributed by atoms with Crippen molar-refractivity contribution in [3.05, 3.63) is 56.6 Å². The number of nitrogens with one attached hydrogen (secondary N) is 1. The Morgan fingerprint density at radius 3 is 2.50 bits per heavy atom. The summed E-state index contributed by atoms with van der Waals surface area (Å²) in [6.07, 6.45) is 3.27. The normalized spacial score (nSPS) is 13.1. The molecule has 6 heteroatoms. The van der Waals surface area contributed by atoms with Crippen LogP contribution in [0.15, 0.2) is 29.8 Å². The fraction of sp³-hybridized carbons (Fsp3) is 0.423. The molecule has 0 aliphatic carbocycles. The van der Waals surface area contributed by atoms with Gasteiger partial charge in [0.15, 0.2) is 11.9 Å². The summed E-state index contributed by atoms with van der Waals surface area (Å²) in [6.45, 7) is 14.1. The second-order valence-corrected chi connectivity index (χ2v) is 9.57. The van der Waals surface area contributed by atoms with Crippen molar-refractivity contribution in [2.45, 2.75) is 72.8 Å². The molecule has 0 spiro atoms. The van der Waals surface area contributed by atoms with E-state index in [2.05, 4.69) is 52.1 Å². The molecule has 0 radical (unpaired) electrons. The molecule has 1 amide bonds. The lowest BCUT2D eigenvalue weighted by Gasteiger charge is -2.28. The molecule has 4 nitrogen and oxygen atoms in total. The van der Waals surface area contributed by atoms with Gasteiger partial charge in [-0.05, 0) is 68.4 Å². The van der Waals surface area contributed by atoms with Gasteiger partial charge in [-0.15, -0.1) is 0 Å². The van der Waals surface area contributed by atoms with Crippen molar-refractivity contribution in [2.75, 3.05) is 5.32 Å². The number of amides is 1. The number of hydrogen-bond donors (Lipinski definition) is 2. The Hall–Kier alpha value is -2.17. The summed E-state index contributed by atoms with van der Waals surface area (Å²) in [5, 5.41) is 13.4. The molecule has 0 heterocycles. The molecular formula is C26H33Cl2NO3. The van der Waals surface area contributed by atoms with E-state index in [9.17, 15) is 9.90 Å². The number of rotatable bonds is 8. The second kappa shape index (κ2) is 10.6. The molecule has 174 valence electrons. The molecule has 1 unspecified atom stereocenters. The van der Waals surface area contributed by atoms with Crippen LogP contribution in [0.5, 0.6) is 11.5 Å². The van der Waals surface area contributed by atoms with Crippen molar-refractivity contribution in [1.29, 1.82) is 0 Å². The highest BCUT2D eigenvalue weighted by Gasteiger charge is 2.26. The molecule has 0 aliphatic heterocycles. The summed E-state index contributed by atoms with van der Waals surface area (Å²) >= 11 is 12.3. The monoisotopic (exact) mass is 477 g/mol. The van der Waals surface area contributed by atoms with Crippen LogP contribution in [-0.4, -0.2) is 17.1 Å². The van der Waals surface area contributed by atoms with Crippen molar-refractivity contribution in [1.82, 2.24) is 0 Å². The third kappa shape index (κ3) is 5.99. The molecule has 0 fully saturated rings. The molecular weight excluding hydrogens is 445 g/mol. The summed E-state index contributed by atoms with van der Waals surface area (Å²) in [5.41, 5.74) is 4.01. The van der Waals surface area contributed by atoms with Crippen molar-refractivity contribution < 1.29 is 14.6 Å². The second-order valence-electron chi connectivity index (χ2n) is 8.78. The van der Waals surface area contributed by atoms with Gasteiger partial charge in [-0.1, -0.05) is 68.6 Å². The lowest BCUT2D eigenvalue weighted by atomic mass is 9.81. The lowest BCUT2D eigenvalue weighted by Crippen LogP contribution is -2.31. The molecule has 0 aromatic heterocycles. The molecule has 32 heavy (non-hydrogen) atoms. The van der Waals surface area contributed by atoms with Gasteiger partial charge < -0.3 is 15.2 Å². The van der Waals surface area contributed by atoms with Gasteiger partial charge in [0, 0.05) is 10.6 Å². The van der Waals surface area contributed by atoms with Crippen LogP contribution < -0.4 is 10.1 Å². The first-order valence-corrected chi connectivity index (χ1v) is 11.6. The maximum atomic E-state index is 12.8. The predicted octanol–water partition coefficient (Wildman–Crippen LogP) is 7.91. The Morgan fingerprint density at radius 1 is 1.25 bits per heavy atom. The van der Waals surface area contributed by atoms with Crippen LogP contribution in [0, 0.1) is 6.92 Å². The maximum absolute atomic E-state index is 12.8. The number of anilines is 1. The van der Waals surface area contributed by atoms with Gasteiger partial charge in [-0.2, -0.15) is 0 Å². The SMILES string of the molecule is CC/C(C)=C/c1ccc(OC(C)C(=O)Nc2cc(Cl)c(C)c(Cl)c2O)c(C(C)(C)CC)c1. The molecule has 2 rings (SSSR count). The molecule has 1 atom stereocenters. The van der Waals surface area contributed by atoms with E-state index in [1.54, 1.807) is 13.8 Å². The van der Waals surface area contributed by atoms with Crippen LogP contribution in [-0.2, 0) is 10.2 Å². The van der Waals surface area contributed by atoms with E-state index < -0.39 is 12.0 Å². The Morgan fingerprint density at radius 2 is 1.91 bits per heavy atom. The summed E-state index contributed by atoms with van der Waals surface area (Å²) in [5.74, 6) is 0.0293. The first-order chi connectivity index (χ1) is 14.9. The average Bonchev–Trinajstić information content (AvgIpc) is 2.76. The molecule has 0 aliphatic rings. The first-order valence-electron chi connectivity index (χ1n) is 10.9. The highest BCUT2D eigenvalue weighted by atomic mass is 35.5. The van der Waals surface area contributed by atoms with Crippen LogP contribution in [0.3, 0.4) is 0 Å². The maximum Gasteiger partial charge on any atom is 0.265 e. The third-order valence-electron chi connectivity index (χ3n) is 5.94. The topological polar surface area (TPSA) is 58.6 Å². The molecule has 2 aromatic rings. The van der Waals surface area contributed by atoms with Crippen LogP contribution in [0.25, 0.3) is 6.08 Å². The number of ether oxygens (including phenoxy) is 1. The van der Waals surface area contributed by atoms with Gasteiger partial charge in [-0.25, -0.2) is 0 Å². The highest BCUT2D eigenvalue weighted by molar-refractivity contribution is 6.37. The minimum Gasteiger partial charge on any atom is -0.504 e. The first kappa shape index (κ1) is 26.1.